The topological polar surface area (TPSA) is 28.2 Å². The fraction of sp³-hybridized carbons (Fsp3) is 0.688. The molecule has 1 aliphatic rings. The lowest BCUT2D eigenvalue weighted by molar-refractivity contribution is 0.584. The smallest absolute Gasteiger partial charge is 0.133 e. The lowest BCUT2D eigenvalue weighted by Crippen LogP contribution is -2.31. The molecule has 1 aromatic heterocycles. The Hall–Kier alpha value is -1.09. The Bertz CT molecular complexity index is 440. The molecule has 0 spiro atoms. The summed E-state index contributed by atoms with van der Waals surface area (Å²) in [5, 5.41) is 3.53. The highest BCUT2D eigenvalue weighted by molar-refractivity contribution is 5.53. The molecule has 3 heteroatoms. The van der Waals surface area contributed by atoms with Crippen molar-refractivity contribution >= 4 is 5.82 Å². The van der Waals surface area contributed by atoms with Crippen LogP contribution in [-0.4, -0.2) is 23.6 Å². The highest BCUT2D eigenvalue weighted by atomic mass is 15.2. The van der Waals surface area contributed by atoms with Gasteiger partial charge in [-0.2, -0.15) is 0 Å². The van der Waals surface area contributed by atoms with Gasteiger partial charge in [0.15, 0.2) is 0 Å². The maximum atomic E-state index is 4.83. The summed E-state index contributed by atoms with van der Waals surface area (Å²) in [4.78, 5) is 7.31. The maximum Gasteiger partial charge on any atom is 0.133 e. The summed E-state index contributed by atoms with van der Waals surface area (Å²) in [5.74, 6) is 1.20. The Morgan fingerprint density at radius 3 is 2.74 bits per heavy atom. The molecule has 1 atom stereocenters. The molecule has 1 N–H and O–H groups in total. The zero-order valence-corrected chi connectivity index (χ0v) is 13.0. The molecule has 0 aliphatic carbocycles. The van der Waals surface area contributed by atoms with E-state index in [0.717, 1.165) is 18.8 Å². The van der Waals surface area contributed by atoms with E-state index in [1.54, 1.807) is 0 Å². The minimum Gasteiger partial charge on any atom is -0.354 e. The van der Waals surface area contributed by atoms with Gasteiger partial charge in [-0.05, 0) is 45.2 Å². The minimum absolute atomic E-state index is 0.504. The van der Waals surface area contributed by atoms with E-state index in [4.69, 9.17) is 4.98 Å². The number of nitrogens with zero attached hydrogens (tertiary/aromatic N) is 2. The van der Waals surface area contributed by atoms with Crippen LogP contribution in [0.25, 0.3) is 0 Å². The van der Waals surface area contributed by atoms with Gasteiger partial charge in [-0.15, -0.1) is 0 Å². The number of anilines is 1. The van der Waals surface area contributed by atoms with Crippen molar-refractivity contribution in [3.63, 3.8) is 0 Å². The number of rotatable bonds is 4. The van der Waals surface area contributed by atoms with Gasteiger partial charge in [0.05, 0.1) is 0 Å². The number of aromatic nitrogens is 1. The summed E-state index contributed by atoms with van der Waals surface area (Å²) >= 11 is 0. The molecule has 0 bridgehead atoms. The standard InChI is InChI=1S/C16H27N3/c1-11(2)17-10-15-12(3)9-13(4)18-16(15)19-8-6-7-14(19)5/h9,11,14,17H,6-8,10H2,1-5H3. The molecule has 106 valence electrons. The molecule has 1 unspecified atom stereocenters. The number of hydrogen-bond acceptors (Lipinski definition) is 3. The normalized spacial score (nSPS) is 19.5. The van der Waals surface area contributed by atoms with Crippen LogP contribution in [0.15, 0.2) is 6.07 Å². The first-order chi connectivity index (χ1) is 8.99. The summed E-state index contributed by atoms with van der Waals surface area (Å²) in [6.07, 6.45) is 2.57. The van der Waals surface area contributed by atoms with Crippen molar-refractivity contribution < 1.29 is 0 Å². The van der Waals surface area contributed by atoms with Crippen LogP contribution in [0.1, 0.15) is 50.4 Å². The fourth-order valence-electron chi connectivity index (χ4n) is 2.85. The summed E-state index contributed by atoms with van der Waals surface area (Å²) < 4.78 is 0. The Balaban J connectivity index is 2.33. The highest BCUT2D eigenvalue weighted by Crippen LogP contribution is 2.29. The predicted octanol–water partition coefficient (Wildman–Crippen LogP) is 3.19. The maximum absolute atomic E-state index is 4.83. The first kappa shape index (κ1) is 14.3. The second-order valence-corrected chi connectivity index (χ2v) is 6.10. The van der Waals surface area contributed by atoms with Crippen molar-refractivity contribution in [3.05, 3.63) is 22.9 Å². The van der Waals surface area contributed by atoms with Crippen LogP contribution >= 0.6 is 0 Å². The third-order valence-corrected chi connectivity index (χ3v) is 3.97. The summed E-state index contributed by atoms with van der Waals surface area (Å²) in [6.45, 7) is 13.0. The first-order valence-electron chi connectivity index (χ1n) is 7.46. The van der Waals surface area contributed by atoms with Crippen LogP contribution in [0.4, 0.5) is 5.82 Å². The van der Waals surface area contributed by atoms with E-state index in [-0.39, 0.29) is 0 Å². The van der Waals surface area contributed by atoms with Gasteiger partial charge in [-0.1, -0.05) is 13.8 Å². The van der Waals surface area contributed by atoms with Crippen LogP contribution in [0.2, 0.25) is 0 Å². The Kier molecular flexibility index (Phi) is 4.46. The van der Waals surface area contributed by atoms with Crippen molar-refractivity contribution in [1.29, 1.82) is 0 Å². The second kappa shape index (κ2) is 5.91. The van der Waals surface area contributed by atoms with Gasteiger partial charge >= 0.3 is 0 Å². The molecule has 1 fully saturated rings. The summed E-state index contributed by atoms with van der Waals surface area (Å²) in [6, 6.07) is 3.32. The zero-order chi connectivity index (χ0) is 14.0. The van der Waals surface area contributed by atoms with E-state index in [1.165, 1.54) is 29.8 Å². The van der Waals surface area contributed by atoms with Gasteiger partial charge in [0.1, 0.15) is 5.82 Å². The Morgan fingerprint density at radius 2 is 2.16 bits per heavy atom. The van der Waals surface area contributed by atoms with E-state index >= 15 is 0 Å². The molecule has 2 heterocycles. The van der Waals surface area contributed by atoms with Crippen molar-refractivity contribution in [2.45, 2.75) is 66.1 Å². The molecular formula is C16H27N3. The first-order valence-corrected chi connectivity index (χ1v) is 7.46. The van der Waals surface area contributed by atoms with E-state index in [1.807, 2.05) is 0 Å². The fourth-order valence-corrected chi connectivity index (χ4v) is 2.85. The largest absolute Gasteiger partial charge is 0.354 e. The predicted molar refractivity (Wildman–Crippen MR) is 81.7 cm³/mol. The van der Waals surface area contributed by atoms with Gasteiger partial charge in [0.25, 0.3) is 0 Å². The Morgan fingerprint density at radius 1 is 1.42 bits per heavy atom. The summed E-state index contributed by atoms with van der Waals surface area (Å²) in [5.41, 5.74) is 3.85. The monoisotopic (exact) mass is 261 g/mol. The van der Waals surface area contributed by atoms with Crippen LogP contribution in [0, 0.1) is 13.8 Å². The molecule has 0 radical (unpaired) electrons. The van der Waals surface area contributed by atoms with Gasteiger partial charge in [-0.3, -0.25) is 0 Å². The highest BCUT2D eigenvalue weighted by Gasteiger charge is 2.24. The van der Waals surface area contributed by atoms with Crippen molar-refractivity contribution in [1.82, 2.24) is 10.3 Å². The van der Waals surface area contributed by atoms with Crippen molar-refractivity contribution in [3.8, 4) is 0 Å². The van der Waals surface area contributed by atoms with Crippen LogP contribution in [-0.2, 0) is 6.54 Å². The quantitative estimate of drug-likeness (QED) is 0.902. The van der Waals surface area contributed by atoms with E-state index in [0.29, 0.717) is 12.1 Å². The lowest BCUT2D eigenvalue weighted by Gasteiger charge is -2.27. The summed E-state index contributed by atoms with van der Waals surface area (Å²) in [7, 11) is 0. The molecular weight excluding hydrogens is 234 g/mol. The van der Waals surface area contributed by atoms with Crippen molar-refractivity contribution in [2.75, 3.05) is 11.4 Å². The molecule has 1 saturated heterocycles. The second-order valence-electron chi connectivity index (χ2n) is 6.10. The van der Waals surface area contributed by atoms with Gasteiger partial charge in [0, 0.05) is 36.4 Å². The number of nitrogens with one attached hydrogen (secondary N) is 1. The number of pyridine rings is 1. The third-order valence-electron chi connectivity index (χ3n) is 3.97. The van der Waals surface area contributed by atoms with Gasteiger partial charge in [-0.25, -0.2) is 4.98 Å². The molecule has 19 heavy (non-hydrogen) atoms. The van der Waals surface area contributed by atoms with Crippen molar-refractivity contribution in [2.24, 2.45) is 0 Å². The van der Waals surface area contributed by atoms with Gasteiger partial charge < -0.3 is 10.2 Å². The molecule has 2 rings (SSSR count). The molecule has 0 saturated carbocycles. The minimum atomic E-state index is 0.504. The van der Waals surface area contributed by atoms with Gasteiger partial charge in [0.2, 0.25) is 0 Å². The SMILES string of the molecule is Cc1cc(C)c(CNC(C)C)c(N2CCCC2C)n1. The van der Waals surface area contributed by atoms with E-state index < -0.39 is 0 Å². The Labute approximate surface area is 117 Å². The van der Waals surface area contributed by atoms with Crippen LogP contribution in [0.3, 0.4) is 0 Å². The lowest BCUT2D eigenvalue weighted by atomic mass is 10.1. The van der Waals surface area contributed by atoms with E-state index in [9.17, 15) is 0 Å². The number of hydrogen-bond donors (Lipinski definition) is 1. The number of aryl methyl sites for hydroxylation is 2. The third kappa shape index (κ3) is 3.27. The zero-order valence-electron chi connectivity index (χ0n) is 13.0. The molecule has 1 aliphatic heterocycles. The molecule has 0 aromatic carbocycles. The molecule has 3 nitrogen and oxygen atoms in total. The average Bonchev–Trinajstić information content (AvgIpc) is 2.73. The van der Waals surface area contributed by atoms with E-state index in [2.05, 4.69) is 50.9 Å². The van der Waals surface area contributed by atoms with Crippen LogP contribution in [0.5, 0.6) is 0 Å². The molecule has 1 aromatic rings. The molecule has 0 amide bonds. The average molecular weight is 261 g/mol. The van der Waals surface area contributed by atoms with Crippen LogP contribution < -0.4 is 10.2 Å².